The van der Waals surface area contributed by atoms with Gasteiger partial charge in [-0.3, -0.25) is 13.9 Å². The van der Waals surface area contributed by atoms with E-state index in [1.165, 1.54) is 17.0 Å². The first kappa shape index (κ1) is 31.4. The zero-order chi connectivity index (χ0) is 29.4. The maximum Gasteiger partial charge on any atom is 0.264 e. The third-order valence-electron chi connectivity index (χ3n) is 6.58. The van der Waals surface area contributed by atoms with Gasteiger partial charge in [-0.1, -0.05) is 86.1 Å². The highest BCUT2D eigenvalue weighted by atomic mass is 79.9. The highest BCUT2D eigenvalue weighted by Crippen LogP contribution is 2.26. The molecule has 3 rings (SSSR count). The predicted molar refractivity (Wildman–Crippen MR) is 164 cm³/mol. The molecule has 0 radical (unpaired) electrons. The summed E-state index contributed by atoms with van der Waals surface area (Å²) in [5.74, 6) is -0.269. The zero-order valence-electron chi connectivity index (χ0n) is 23.7. The Kier molecular flexibility index (Phi) is 10.9. The number of amides is 2. The van der Waals surface area contributed by atoms with Gasteiger partial charge in [-0.2, -0.15) is 0 Å². The summed E-state index contributed by atoms with van der Waals surface area (Å²) in [4.78, 5) is 28.6. The Balaban J connectivity index is 2.01. The minimum absolute atomic E-state index is 0.0814. The summed E-state index contributed by atoms with van der Waals surface area (Å²) < 4.78 is 29.7. The van der Waals surface area contributed by atoms with Gasteiger partial charge in [-0.05, 0) is 66.3 Å². The van der Waals surface area contributed by atoms with Crippen molar-refractivity contribution < 1.29 is 18.0 Å². The van der Waals surface area contributed by atoms with Crippen molar-refractivity contribution in [2.45, 2.75) is 58.0 Å². The number of rotatable bonds is 12. The topological polar surface area (TPSA) is 86.8 Å². The third kappa shape index (κ3) is 8.17. The minimum atomic E-state index is -4.08. The van der Waals surface area contributed by atoms with Crippen LogP contribution >= 0.6 is 15.9 Å². The minimum Gasteiger partial charge on any atom is -0.354 e. The van der Waals surface area contributed by atoms with Crippen LogP contribution < -0.4 is 9.62 Å². The Labute approximate surface area is 246 Å². The average Bonchev–Trinajstić information content (AvgIpc) is 2.94. The summed E-state index contributed by atoms with van der Waals surface area (Å²) in [7, 11) is -4.08. The van der Waals surface area contributed by atoms with Gasteiger partial charge >= 0.3 is 0 Å². The van der Waals surface area contributed by atoms with Crippen molar-refractivity contribution in [3.63, 3.8) is 0 Å². The molecule has 1 N–H and O–H groups in total. The predicted octanol–water partition coefficient (Wildman–Crippen LogP) is 5.96. The van der Waals surface area contributed by atoms with E-state index in [1.807, 2.05) is 50.2 Å². The zero-order valence-corrected chi connectivity index (χ0v) is 26.1. The average molecular weight is 629 g/mol. The second-order valence-electron chi connectivity index (χ2n) is 10.5. The highest BCUT2D eigenvalue weighted by Gasteiger charge is 2.32. The number of hydrogen-bond acceptors (Lipinski definition) is 4. The number of carbonyl (C=O) groups is 2. The molecule has 0 saturated carbocycles. The Morgan fingerprint density at radius 1 is 0.850 bits per heavy atom. The maximum absolute atomic E-state index is 14.0. The smallest absolute Gasteiger partial charge is 0.264 e. The number of halogens is 1. The van der Waals surface area contributed by atoms with Gasteiger partial charge in [0.05, 0.1) is 10.6 Å². The van der Waals surface area contributed by atoms with E-state index in [0.717, 1.165) is 19.9 Å². The van der Waals surface area contributed by atoms with Crippen LogP contribution in [-0.2, 0) is 26.2 Å². The summed E-state index contributed by atoms with van der Waals surface area (Å²) in [6.45, 7) is 9.93. The van der Waals surface area contributed by atoms with Crippen molar-refractivity contribution in [1.29, 1.82) is 0 Å². The van der Waals surface area contributed by atoms with Crippen LogP contribution in [0, 0.1) is 5.92 Å². The standard InChI is InChI=1S/C31H38BrN3O4S/c1-22(2)19-33-31(37)24(5)34(20-25-11-15-27(32)16-12-25)30(36)21-35(28-17-13-26(14-18-28)23(3)4)40(38,39)29-9-7-6-8-10-29/h6-18,22-24H,19-21H2,1-5H3,(H,33,37). The van der Waals surface area contributed by atoms with E-state index in [0.29, 0.717) is 12.2 Å². The van der Waals surface area contributed by atoms with Crippen LogP contribution in [0.25, 0.3) is 0 Å². The van der Waals surface area contributed by atoms with Gasteiger partial charge < -0.3 is 10.2 Å². The summed E-state index contributed by atoms with van der Waals surface area (Å²) in [6, 6.07) is 21.9. The lowest BCUT2D eigenvalue weighted by Crippen LogP contribution is -2.51. The molecule has 3 aromatic carbocycles. The van der Waals surface area contributed by atoms with Gasteiger partial charge in [0, 0.05) is 17.6 Å². The summed E-state index contributed by atoms with van der Waals surface area (Å²) in [5.41, 5.74) is 2.25. The van der Waals surface area contributed by atoms with Crippen molar-refractivity contribution in [1.82, 2.24) is 10.2 Å². The summed E-state index contributed by atoms with van der Waals surface area (Å²) >= 11 is 3.43. The van der Waals surface area contributed by atoms with E-state index in [9.17, 15) is 18.0 Å². The van der Waals surface area contributed by atoms with Crippen LogP contribution in [0.15, 0.2) is 88.2 Å². The van der Waals surface area contributed by atoms with E-state index in [-0.39, 0.29) is 29.2 Å². The summed E-state index contributed by atoms with van der Waals surface area (Å²) in [5, 5.41) is 2.90. The lowest BCUT2D eigenvalue weighted by Gasteiger charge is -2.32. The number of benzene rings is 3. The van der Waals surface area contributed by atoms with Gasteiger partial charge in [0.25, 0.3) is 10.0 Å². The lowest BCUT2D eigenvalue weighted by molar-refractivity contribution is -0.139. The quantitative estimate of drug-likeness (QED) is 0.268. The fourth-order valence-corrected chi connectivity index (χ4v) is 5.80. The molecule has 9 heteroatoms. The molecule has 214 valence electrons. The van der Waals surface area contributed by atoms with Crippen LogP contribution in [0.5, 0.6) is 0 Å². The van der Waals surface area contributed by atoms with E-state index >= 15 is 0 Å². The second kappa shape index (κ2) is 13.9. The first-order valence-electron chi connectivity index (χ1n) is 13.4. The van der Waals surface area contributed by atoms with Crippen LogP contribution in [0.2, 0.25) is 0 Å². The van der Waals surface area contributed by atoms with Crippen molar-refractivity contribution in [3.05, 3.63) is 94.5 Å². The summed E-state index contributed by atoms with van der Waals surface area (Å²) in [6.07, 6.45) is 0. The molecule has 0 aliphatic rings. The van der Waals surface area contributed by atoms with Gasteiger partial charge in [-0.25, -0.2) is 8.42 Å². The molecule has 0 heterocycles. The van der Waals surface area contributed by atoms with Gasteiger partial charge in [0.15, 0.2) is 0 Å². The number of hydrogen-bond donors (Lipinski definition) is 1. The van der Waals surface area contributed by atoms with E-state index < -0.39 is 28.5 Å². The molecule has 0 saturated heterocycles. The number of nitrogens with one attached hydrogen (secondary N) is 1. The number of nitrogens with zero attached hydrogens (tertiary/aromatic N) is 2. The molecule has 0 aromatic heterocycles. The fraction of sp³-hybridized carbons (Fsp3) is 0.355. The molecule has 0 bridgehead atoms. The van der Waals surface area contributed by atoms with Crippen LogP contribution in [0.4, 0.5) is 5.69 Å². The van der Waals surface area contributed by atoms with E-state index in [4.69, 9.17) is 0 Å². The van der Waals surface area contributed by atoms with Crippen LogP contribution in [0.1, 0.15) is 51.7 Å². The number of sulfonamides is 1. The van der Waals surface area contributed by atoms with Gasteiger partial charge in [0.1, 0.15) is 12.6 Å². The monoisotopic (exact) mass is 627 g/mol. The van der Waals surface area contributed by atoms with Crippen molar-refractivity contribution in [2.24, 2.45) is 5.92 Å². The largest absolute Gasteiger partial charge is 0.354 e. The van der Waals surface area contributed by atoms with Gasteiger partial charge in [0.2, 0.25) is 11.8 Å². The van der Waals surface area contributed by atoms with Gasteiger partial charge in [-0.15, -0.1) is 0 Å². The highest BCUT2D eigenvalue weighted by molar-refractivity contribution is 9.10. The Morgan fingerprint density at radius 2 is 1.45 bits per heavy atom. The molecule has 0 aliphatic carbocycles. The van der Waals surface area contributed by atoms with E-state index in [1.54, 1.807) is 37.3 Å². The SMILES string of the molecule is CC(C)CNC(=O)C(C)N(Cc1ccc(Br)cc1)C(=O)CN(c1ccc(C(C)C)cc1)S(=O)(=O)c1ccccc1. The van der Waals surface area contributed by atoms with Crippen molar-refractivity contribution >= 4 is 43.5 Å². The number of carbonyl (C=O) groups excluding carboxylic acids is 2. The molecular formula is C31H38BrN3O4S. The Hall–Kier alpha value is -3.17. The normalized spacial score (nSPS) is 12.3. The molecule has 40 heavy (non-hydrogen) atoms. The molecular weight excluding hydrogens is 590 g/mol. The molecule has 7 nitrogen and oxygen atoms in total. The van der Waals surface area contributed by atoms with Crippen LogP contribution in [-0.4, -0.2) is 44.3 Å². The molecule has 0 fully saturated rings. The Bertz CT molecular complexity index is 1380. The Morgan fingerprint density at radius 3 is 2.00 bits per heavy atom. The first-order valence-corrected chi connectivity index (χ1v) is 15.6. The third-order valence-corrected chi connectivity index (χ3v) is 8.89. The molecule has 3 aromatic rings. The first-order chi connectivity index (χ1) is 18.9. The van der Waals surface area contributed by atoms with Crippen molar-refractivity contribution in [2.75, 3.05) is 17.4 Å². The lowest BCUT2D eigenvalue weighted by atomic mass is 10.0. The fourth-order valence-electron chi connectivity index (χ4n) is 4.10. The van der Waals surface area contributed by atoms with E-state index in [2.05, 4.69) is 35.1 Å². The molecule has 1 unspecified atom stereocenters. The van der Waals surface area contributed by atoms with Crippen molar-refractivity contribution in [3.8, 4) is 0 Å². The number of anilines is 1. The molecule has 1 atom stereocenters. The second-order valence-corrected chi connectivity index (χ2v) is 13.3. The van der Waals surface area contributed by atoms with Crippen LogP contribution in [0.3, 0.4) is 0 Å². The molecule has 0 aliphatic heterocycles. The molecule has 2 amide bonds. The molecule has 0 spiro atoms. The maximum atomic E-state index is 14.0.